The Labute approximate surface area is 61.3 Å². The maximum absolute atomic E-state index is 10.6. The Morgan fingerprint density at radius 2 is 1.70 bits per heavy atom. The summed E-state index contributed by atoms with van der Waals surface area (Å²) in [7, 11) is 0. The monoisotopic (exact) mass is 135 g/mol. The van der Waals surface area contributed by atoms with Gasteiger partial charge in [-0.25, -0.2) is 5.11 Å². The van der Waals surface area contributed by atoms with Crippen molar-refractivity contribution in [2.45, 2.75) is 20.5 Å². The Balaban J connectivity index is 3.17. The van der Waals surface area contributed by atoms with Crippen LogP contribution in [0.25, 0.3) is 0 Å². The van der Waals surface area contributed by atoms with Gasteiger partial charge in [-0.1, -0.05) is 18.2 Å². The fourth-order valence-corrected chi connectivity index (χ4v) is 1.08. The van der Waals surface area contributed by atoms with Crippen molar-refractivity contribution in [1.82, 2.24) is 0 Å². The normalized spacial score (nSPS) is 9.90. The SMILES string of the molecule is Cc1cccc(C)c1C[O]. The molecule has 53 valence electrons. The van der Waals surface area contributed by atoms with Crippen LogP contribution in [-0.2, 0) is 11.7 Å². The predicted octanol–water partition coefficient (Wildman–Crippen LogP) is 2.23. The summed E-state index contributed by atoms with van der Waals surface area (Å²) in [5.74, 6) is 0. The molecular formula is C9H11O. The molecule has 0 saturated heterocycles. The molecule has 0 aromatic heterocycles. The van der Waals surface area contributed by atoms with E-state index in [2.05, 4.69) is 0 Å². The largest absolute Gasteiger partial charge is 0.232 e. The number of rotatable bonds is 1. The van der Waals surface area contributed by atoms with E-state index in [4.69, 9.17) is 0 Å². The van der Waals surface area contributed by atoms with Crippen LogP contribution < -0.4 is 0 Å². The molecule has 0 bridgehead atoms. The molecule has 0 saturated carbocycles. The minimum atomic E-state index is -0.0987. The van der Waals surface area contributed by atoms with Gasteiger partial charge in [0.05, 0.1) is 0 Å². The van der Waals surface area contributed by atoms with Crippen LogP contribution in [0.4, 0.5) is 0 Å². The summed E-state index contributed by atoms with van der Waals surface area (Å²) >= 11 is 0. The predicted molar refractivity (Wildman–Crippen MR) is 40.3 cm³/mol. The van der Waals surface area contributed by atoms with Gasteiger partial charge in [-0.3, -0.25) is 0 Å². The molecule has 1 nitrogen and oxygen atoms in total. The minimum absolute atomic E-state index is 0.0987. The highest BCUT2D eigenvalue weighted by Gasteiger charge is 1.98. The summed E-state index contributed by atoms with van der Waals surface area (Å²) in [6.07, 6.45) is 0. The highest BCUT2D eigenvalue weighted by Crippen LogP contribution is 2.12. The van der Waals surface area contributed by atoms with Crippen LogP contribution in [-0.4, -0.2) is 0 Å². The van der Waals surface area contributed by atoms with E-state index in [0.717, 1.165) is 16.7 Å². The summed E-state index contributed by atoms with van der Waals surface area (Å²) in [5, 5.41) is 10.6. The van der Waals surface area contributed by atoms with Crippen molar-refractivity contribution in [2.24, 2.45) is 0 Å². The zero-order valence-electron chi connectivity index (χ0n) is 6.35. The second kappa shape index (κ2) is 2.84. The van der Waals surface area contributed by atoms with Gasteiger partial charge in [0.1, 0.15) is 6.61 Å². The van der Waals surface area contributed by atoms with Gasteiger partial charge in [0.15, 0.2) is 0 Å². The lowest BCUT2D eigenvalue weighted by Crippen LogP contribution is -1.90. The summed E-state index contributed by atoms with van der Waals surface area (Å²) in [6.45, 7) is 3.85. The average molecular weight is 135 g/mol. The lowest BCUT2D eigenvalue weighted by atomic mass is 10.0. The third-order valence-corrected chi connectivity index (χ3v) is 1.79. The summed E-state index contributed by atoms with van der Waals surface area (Å²) in [4.78, 5) is 0. The van der Waals surface area contributed by atoms with Crippen LogP contribution in [0.15, 0.2) is 18.2 Å². The Morgan fingerprint density at radius 3 is 2.00 bits per heavy atom. The highest BCUT2D eigenvalue weighted by molar-refractivity contribution is 5.32. The fraction of sp³-hybridized carbons (Fsp3) is 0.333. The quantitative estimate of drug-likeness (QED) is 0.562. The third kappa shape index (κ3) is 1.19. The van der Waals surface area contributed by atoms with Gasteiger partial charge in [-0.2, -0.15) is 0 Å². The van der Waals surface area contributed by atoms with Crippen LogP contribution >= 0.6 is 0 Å². The second-order valence-electron chi connectivity index (χ2n) is 2.51. The summed E-state index contributed by atoms with van der Waals surface area (Å²) in [6, 6.07) is 5.92. The maximum Gasteiger partial charge on any atom is 0.108 e. The van der Waals surface area contributed by atoms with Crippen LogP contribution in [0.2, 0.25) is 0 Å². The molecule has 0 heterocycles. The number of hydrogen-bond donors (Lipinski definition) is 0. The van der Waals surface area contributed by atoms with E-state index in [-0.39, 0.29) is 6.61 Å². The van der Waals surface area contributed by atoms with E-state index in [1.165, 1.54) is 0 Å². The van der Waals surface area contributed by atoms with Crippen molar-refractivity contribution >= 4 is 0 Å². The van der Waals surface area contributed by atoms with E-state index in [9.17, 15) is 5.11 Å². The minimum Gasteiger partial charge on any atom is -0.232 e. The molecule has 0 amide bonds. The van der Waals surface area contributed by atoms with Gasteiger partial charge in [0.25, 0.3) is 0 Å². The van der Waals surface area contributed by atoms with Crippen LogP contribution in [0.1, 0.15) is 16.7 Å². The number of aryl methyl sites for hydroxylation is 2. The van der Waals surface area contributed by atoms with Crippen molar-refractivity contribution in [3.05, 3.63) is 34.9 Å². The van der Waals surface area contributed by atoms with Crippen molar-refractivity contribution in [1.29, 1.82) is 0 Å². The molecule has 1 heteroatoms. The van der Waals surface area contributed by atoms with E-state index >= 15 is 0 Å². The van der Waals surface area contributed by atoms with E-state index in [0.29, 0.717) is 0 Å². The molecule has 0 aliphatic carbocycles. The van der Waals surface area contributed by atoms with E-state index in [1.807, 2.05) is 32.0 Å². The molecule has 0 atom stereocenters. The zero-order valence-corrected chi connectivity index (χ0v) is 6.35. The molecular weight excluding hydrogens is 124 g/mol. The molecule has 0 fully saturated rings. The van der Waals surface area contributed by atoms with Crippen LogP contribution in [0.5, 0.6) is 0 Å². The van der Waals surface area contributed by atoms with Gasteiger partial charge in [-0.05, 0) is 30.5 Å². The third-order valence-electron chi connectivity index (χ3n) is 1.79. The van der Waals surface area contributed by atoms with Crippen LogP contribution in [0, 0.1) is 13.8 Å². The Kier molecular flexibility index (Phi) is 2.07. The molecule has 1 aromatic rings. The molecule has 0 spiro atoms. The van der Waals surface area contributed by atoms with Crippen molar-refractivity contribution in [3.63, 3.8) is 0 Å². The van der Waals surface area contributed by atoms with E-state index < -0.39 is 0 Å². The van der Waals surface area contributed by atoms with Crippen LogP contribution in [0.3, 0.4) is 0 Å². The molecule has 0 aliphatic rings. The lowest BCUT2D eigenvalue weighted by Gasteiger charge is -2.03. The van der Waals surface area contributed by atoms with E-state index in [1.54, 1.807) is 0 Å². The second-order valence-corrected chi connectivity index (χ2v) is 2.51. The van der Waals surface area contributed by atoms with Crippen molar-refractivity contribution in [3.8, 4) is 0 Å². The highest BCUT2D eigenvalue weighted by atomic mass is 16.3. The Morgan fingerprint density at radius 1 is 1.20 bits per heavy atom. The Bertz CT molecular complexity index is 208. The van der Waals surface area contributed by atoms with Gasteiger partial charge in [0.2, 0.25) is 0 Å². The summed E-state index contributed by atoms with van der Waals surface area (Å²) in [5.41, 5.74) is 3.16. The topological polar surface area (TPSA) is 19.9 Å². The first-order valence-electron chi connectivity index (χ1n) is 3.39. The molecule has 1 rings (SSSR count). The molecule has 1 radical (unpaired) electrons. The van der Waals surface area contributed by atoms with Crippen molar-refractivity contribution < 1.29 is 5.11 Å². The first-order valence-corrected chi connectivity index (χ1v) is 3.39. The van der Waals surface area contributed by atoms with Gasteiger partial charge >= 0.3 is 0 Å². The molecule has 0 unspecified atom stereocenters. The maximum atomic E-state index is 10.6. The molecule has 1 aromatic carbocycles. The van der Waals surface area contributed by atoms with Gasteiger partial charge in [0, 0.05) is 0 Å². The Hall–Kier alpha value is -0.820. The summed E-state index contributed by atoms with van der Waals surface area (Å²) < 4.78 is 0. The van der Waals surface area contributed by atoms with Crippen molar-refractivity contribution in [2.75, 3.05) is 0 Å². The standard InChI is InChI=1S/C9H11O/c1-7-4-3-5-8(2)9(7)6-10/h3-5H,6H2,1-2H3. The molecule has 0 N–H and O–H groups in total. The zero-order chi connectivity index (χ0) is 7.56. The lowest BCUT2D eigenvalue weighted by molar-refractivity contribution is 0.176. The molecule has 0 aliphatic heterocycles. The fourth-order valence-electron chi connectivity index (χ4n) is 1.08. The molecule has 10 heavy (non-hydrogen) atoms. The average Bonchev–Trinajstić information content (AvgIpc) is 1.88. The first kappa shape index (κ1) is 7.29. The van der Waals surface area contributed by atoms with Gasteiger partial charge < -0.3 is 0 Å². The smallest absolute Gasteiger partial charge is 0.108 e. The number of benzene rings is 1. The number of hydrogen-bond acceptors (Lipinski definition) is 0. The first-order chi connectivity index (χ1) is 4.75. The van der Waals surface area contributed by atoms with Gasteiger partial charge in [-0.15, -0.1) is 0 Å².